The van der Waals surface area contributed by atoms with E-state index in [1.807, 2.05) is 4.90 Å². The second-order valence-electron chi connectivity index (χ2n) is 6.64. The van der Waals surface area contributed by atoms with Crippen LogP contribution in [0.1, 0.15) is 45.3 Å². The SMILES string of the molecule is C[C@@H]1CCc2c(C(=O)N3CCc4ccccc4C3)csc2C1. The minimum atomic E-state index is 0.238. The zero-order valence-corrected chi connectivity index (χ0v) is 13.8. The van der Waals surface area contributed by atoms with Crippen LogP contribution < -0.4 is 0 Å². The molecule has 22 heavy (non-hydrogen) atoms. The second-order valence-corrected chi connectivity index (χ2v) is 7.61. The van der Waals surface area contributed by atoms with Gasteiger partial charge < -0.3 is 4.90 Å². The van der Waals surface area contributed by atoms with Crippen molar-refractivity contribution in [3.05, 3.63) is 56.8 Å². The van der Waals surface area contributed by atoms with E-state index in [1.54, 1.807) is 11.3 Å². The van der Waals surface area contributed by atoms with Gasteiger partial charge >= 0.3 is 0 Å². The highest BCUT2D eigenvalue weighted by atomic mass is 32.1. The fraction of sp³-hybridized carbons (Fsp3) is 0.421. The molecule has 2 heterocycles. The van der Waals surface area contributed by atoms with Crippen molar-refractivity contribution in [2.45, 2.75) is 39.2 Å². The van der Waals surface area contributed by atoms with Crippen molar-refractivity contribution in [3.8, 4) is 0 Å². The van der Waals surface area contributed by atoms with E-state index < -0.39 is 0 Å². The average Bonchev–Trinajstić information content (AvgIpc) is 2.96. The van der Waals surface area contributed by atoms with Gasteiger partial charge in [0.15, 0.2) is 0 Å². The summed E-state index contributed by atoms with van der Waals surface area (Å²) >= 11 is 1.79. The summed E-state index contributed by atoms with van der Waals surface area (Å²) in [5, 5.41) is 2.10. The molecule has 0 saturated carbocycles. The maximum absolute atomic E-state index is 13.0. The fourth-order valence-corrected chi connectivity index (χ4v) is 4.93. The van der Waals surface area contributed by atoms with Crippen molar-refractivity contribution in [3.63, 3.8) is 0 Å². The van der Waals surface area contributed by atoms with Gasteiger partial charge in [-0.2, -0.15) is 0 Å². The van der Waals surface area contributed by atoms with Crippen LogP contribution in [0.25, 0.3) is 0 Å². The molecule has 1 aromatic heterocycles. The highest BCUT2D eigenvalue weighted by Crippen LogP contribution is 2.34. The number of rotatable bonds is 1. The maximum atomic E-state index is 13.0. The molecule has 4 rings (SSSR count). The van der Waals surface area contributed by atoms with Gasteiger partial charge in [-0.1, -0.05) is 31.2 Å². The van der Waals surface area contributed by atoms with Crippen molar-refractivity contribution in [1.29, 1.82) is 0 Å². The number of nitrogens with zero attached hydrogens (tertiary/aromatic N) is 1. The number of carbonyl (C=O) groups excluding carboxylic acids is 1. The largest absolute Gasteiger partial charge is 0.334 e. The number of hydrogen-bond acceptors (Lipinski definition) is 2. The Balaban J connectivity index is 1.59. The van der Waals surface area contributed by atoms with Crippen molar-refractivity contribution in [1.82, 2.24) is 4.90 Å². The predicted molar refractivity (Wildman–Crippen MR) is 90.4 cm³/mol. The molecule has 1 amide bonds. The average molecular weight is 311 g/mol. The van der Waals surface area contributed by atoms with E-state index in [9.17, 15) is 4.79 Å². The Morgan fingerprint density at radius 3 is 2.91 bits per heavy atom. The molecule has 0 fully saturated rings. The summed E-state index contributed by atoms with van der Waals surface area (Å²) in [4.78, 5) is 16.4. The molecule has 2 aromatic rings. The van der Waals surface area contributed by atoms with Gasteiger partial charge in [0.25, 0.3) is 5.91 Å². The van der Waals surface area contributed by atoms with Crippen LogP contribution in [0, 0.1) is 5.92 Å². The summed E-state index contributed by atoms with van der Waals surface area (Å²) in [6, 6.07) is 8.50. The molecular formula is C19H21NOS. The number of fused-ring (bicyclic) bond motifs is 2. The molecule has 0 N–H and O–H groups in total. The molecule has 2 nitrogen and oxygen atoms in total. The molecule has 1 aliphatic carbocycles. The van der Waals surface area contributed by atoms with Crippen LogP contribution in [-0.2, 0) is 25.8 Å². The van der Waals surface area contributed by atoms with Crippen LogP contribution in [0.3, 0.4) is 0 Å². The topological polar surface area (TPSA) is 20.3 Å². The van der Waals surface area contributed by atoms with E-state index in [0.717, 1.165) is 43.8 Å². The van der Waals surface area contributed by atoms with Crippen molar-refractivity contribution < 1.29 is 4.79 Å². The molecule has 1 aliphatic heterocycles. The smallest absolute Gasteiger partial charge is 0.255 e. The molecule has 0 spiro atoms. The third kappa shape index (κ3) is 2.38. The first-order valence-electron chi connectivity index (χ1n) is 8.17. The summed E-state index contributed by atoms with van der Waals surface area (Å²) in [5.41, 5.74) is 5.02. The van der Waals surface area contributed by atoms with E-state index in [1.165, 1.54) is 28.0 Å². The number of thiophene rings is 1. The third-order valence-corrected chi connectivity index (χ3v) is 6.10. The van der Waals surface area contributed by atoms with E-state index in [-0.39, 0.29) is 5.91 Å². The first kappa shape index (κ1) is 14.0. The quantitative estimate of drug-likeness (QED) is 0.777. The van der Waals surface area contributed by atoms with E-state index in [4.69, 9.17) is 0 Å². The van der Waals surface area contributed by atoms with Gasteiger partial charge in [-0.25, -0.2) is 0 Å². The molecule has 2 aliphatic rings. The highest BCUT2D eigenvalue weighted by Gasteiger charge is 2.27. The molecule has 0 radical (unpaired) electrons. The molecule has 1 atom stereocenters. The normalized spacial score (nSPS) is 20.4. The third-order valence-electron chi connectivity index (χ3n) is 5.05. The highest BCUT2D eigenvalue weighted by molar-refractivity contribution is 7.10. The number of carbonyl (C=O) groups is 1. The Morgan fingerprint density at radius 1 is 1.23 bits per heavy atom. The van der Waals surface area contributed by atoms with Gasteiger partial charge in [-0.15, -0.1) is 11.3 Å². The predicted octanol–water partition coefficient (Wildman–Crippen LogP) is 4.07. The zero-order chi connectivity index (χ0) is 15.1. The lowest BCUT2D eigenvalue weighted by atomic mass is 9.88. The summed E-state index contributed by atoms with van der Waals surface area (Å²) < 4.78 is 0. The summed E-state index contributed by atoms with van der Waals surface area (Å²) in [7, 11) is 0. The molecule has 114 valence electrons. The van der Waals surface area contributed by atoms with Crippen molar-refractivity contribution in [2.75, 3.05) is 6.54 Å². The van der Waals surface area contributed by atoms with Crippen LogP contribution >= 0.6 is 11.3 Å². The second kappa shape index (κ2) is 5.54. The molecule has 0 saturated heterocycles. The summed E-state index contributed by atoms with van der Waals surface area (Å²) in [6.45, 7) is 3.92. The lowest BCUT2D eigenvalue weighted by Gasteiger charge is -2.29. The van der Waals surface area contributed by atoms with Crippen LogP contribution in [0.4, 0.5) is 0 Å². The van der Waals surface area contributed by atoms with Crippen LogP contribution in [-0.4, -0.2) is 17.4 Å². The maximum Gasteiger partial charge on any atom is 0.255 e. The molecule has 3 heteroatoms. The lowest BCUT2D eigenvalue weighted by molar-refractivity contribution is 0.0734. The van der Waals surface area contributed by atoms with Crippen molar-refractivity contribution in [2.24, 2.45) is 5.92 Å². The van der Waals surface area contributed by atoms with Crippen LogP contribution in [0.2, 0.25) is 0 Å². The van der Waals surface area contributed by atoms with Crippen LogP contribution in [0.15, 0.2) is 29.6 Å². The van der Waals surface area contributed by atoms with E-state index in [0.29, 0.717) is 0 Å². The number of amides is 1. The Morgan fingerprint density at radius 2 is 2.05 bits per heavy atom. The van der Waals surface area contributed by atoms with Crippen molar-refractivity contribution >= 4 is 17.2 Å². The van der Waals surface area contributed by atoms with Crippen LogP contribution in [0.5, 0.6) is 0 Å². The fourth-order valence-electron chi connectivity index (χ4n) is 3.70. The number of benzene rings is 1. The minimum Gasteiger partial charge on any atom is -0.334 e. The molecule has 0 unspecified atom stereocenters. The van der Waals surface area contributed by atoms with Gasteiger partial charge in [-0.05, 0) is 48.3 Å². The standard InChI is InChI=1S/C19H21NOS/c1-13-6-7-16-17(12-22-18(16)10-13)19(21)20-9-8-14-4-2-3-5-15(14)11-20/h2-5,12-13H,6-11H2,1H3/t13-/m1/s1. The Kier molecular flexibility index (Phi) is 3.53. The lowest BCUT2D eigenvalue weighted by Crippen LogP contribution is -2.36. The Labute approximate surface area is 135 Å². The minimum absolute atomic E-state index is 0.238. The summed E-state index contributed by atoms with van der Waals surface area (Å²) in [5.74, 6) is 0.998. The molecule has 0 bridgehead atoms. The first-order valence-corrected chi connectivity index (χ1v) is 9.05. The monoisotopic (exact) mass is 311 g/mol. The first-order chi connectivity index (χ1) is 10.7. The zero-order valence-electron chi connectivity index (χ0n) is 13.0. The Hall–Kier alpha value is -1.61. The van der Waals surface area contributed by atoms with Gasteiger partial charge in [0.1, 0.15) is 0 Å². The van der Waals surface area contributed by atoms with Gasteiger partial charge in [0.2, 0.25) is 0 Å². The molecule has 1 aromatic carbocycles. The summed E-state index contributed by atoms with van der Waals surface area (Å²) in [6.07, 6.45) is 4.42. The van der Waals surface area contributed by atoms with Gasteiger partial charge in [0.05, 0.1) is 5.56 Å². The van der Waals surface area contributed by atoms with E-state index >= 15 is 0 Å². The Bertz CT molecular complexity index is 718. The number of hydrogen-bond donors (Lipinski definition) is 0. The van der Waals surface area contributed by atoms with E-state index in [2.05, 4.69) is 36.6 Å². The van der Waals surface area contributed by atoms with Gasteiger partial charge in [0, 0.05) is 23.3 Å². The molecular weight excluding hydrogens is 290 g/mol. The van der Waals surface area contributed by atoms with Gasteiger partial charge in [-0.3, -0.25) is 4.79 Å².